The van der Waals surface area contributed by atoms with Gasteiger partial charge in [0.25, 0.3) is 10.0 Å². The highest BCUT2D eigenvalue weighted by atomic mass is 35.5. The van der Waals surface area contributed by atoms with Crippen molar-refractivity contribution in [3.8, 4) is 11.8 Å². The van der Waals surface area contributed by atoms with Crippen molar-refractivity contribution >= 4 is 44.8 Å². The Labute approximate surface area is 241 Å². The number of hydrogen-bond donors (Lipinski definition) is 3. The third-order valence-corrected chi connectivity index (χ3v) is 8.37. The van der Waals surface area contributed by atoms with Crippen LogP contribution in [0.2, 0.25) is 0 Å². The van der Waals surface area contributed by atoms with Gasteiger partial charge in [-0.2, -0.15) is 5.26 Å². The summed E-state index contributed by atoms with van der Waals surface area (Å²) in [6.07, 6.45) is 0.568. The number of ether oxygens (including phenoxy) is 1. The van der Waals surface area contributed by atoms with Crippen molar-refractivity contribution in [1.29, 1.82) is 5.26 Å². The second-order valence-corrected chi connectivity index (χ2v) is 12.4. The number of aliphatic hydroxyl groups excluding tert-OH is 1. The standard InChI is InChI=1S/C28H33ClN4O4S.ClH/c1-28(2,16-20-7-8-21-5-3-4-6-22(21)15-20)31-18-23(34)19-37-24-9-11-25(12-10-24)38(35,36)32-33-14-13-26(29)27(33)17-30;/h3-12,15,23,26-27,31-32,34H,13-14,16,18-19H2,1-2H3;1H/t23-,26?,27?;/m1./s1. The van der Waals surface area contributed by atoms with Crippen molar-refractivity contribution in [2.75, 3.05) is 19.7 Å². The van der Waals surface area contributed by atoms with Gasteiger partial charge in [-0.3, -0.25) is 0 Å². The van der Waals surface area contributed by atoms with Crippen molar-refractivity contribution in [2.24, 2.45) is 0 Å². The minimum atomic E-state index is -3.87. The van der Waals surface area contributed by atoms with E-state index in [1.54, 1.807) is 0 Å². The highest BCUT2D eigenvalue weighted by Gasteiger charge is 2.35. The number of hydrogen-bond acceptors (Lipinski definition) is 7. The molecule has 2 unspecified atom stereocenters. The van der Waals surface area contributed by atoms with Crippen LogP contribution >= 0.6 is 24.0 Å². The van der Waals surface area contributed by atoms with Crippen LogP contribution in [0.1, 0.15) is 25.8 Å². The van der Waals surface area contributed by atoms with Crippen LogP contribution in [0.3, 0.4) is 0 Å². The molecule has 1 heterocycles. The SMILES string of the molecule is CC(C)(Cc1ccc2ccccc2c1)NC[C@@H](O)COc1ccc(S(=O)(=O)NN2CCC(Cl)C2C#N)cc1.Cl. The summed E-state index contributed by atoms with van der Waals surface area (Å²) in [6, 6.07) is 21.9. The molecule has 8 nitrogen and oxygen atoms in total. The van der Waals surface area contributed by atoms with Gasteiger partial charge in [0.2, 0.25) is 0 Å². The van der Waals surface area contributed by atoms with Gasteiger partial charge in [0, 0.05) is 18.6 Å². The number of nitrogens with one attached hydrogen (secondary N) is 2. The highest BCUT2D eigenvalue weighted by molar-refractivity contribution is 7.89. The zero-order valence-electron chi connectivity index (χ0n) is 21.9. The summed E-state index contributed by atoms with van der Waals surface area (Å²) >= 11 is 6.09. The second-order valence-electron chi connectivity index (χ2n) is 10.2. The largest absolute Gasteiger partial charge is 0.491 e. The molecule has 3 atom stereocenters. The topological polar surface area (TPSA) is 115 Å². The maximum absolute atomic E-state index is 12.7. The van der Waals surface area contributed by atoms with Gasteiger partial charge in [-0.25, -0.2) is 13.4 Å². The number of aliphatic hydroxyl groups is 1. The van der Waals surface area contributed by atoms with Gasteiger partial charge in [0.15, 0.2) is 0 Å². The lowest BCUT2D eigenvalue weighted by molar-refractivity contribution is 0.0988. The maximum atomic E-state index is 12.7. The van der Waals surface area contributed by atoms with Crippen LogP contribution in [0.25, 0.3) is 10.8 Å². The molecule has 0 amide bonds. The number of hydrazine groups is 1. The molecule has 4 rings (SSSR count). The number of nitrogens with zero attached hydrogens (tertiary/aromatic N) is 2. The average Bonchev–Trinajstić information content (AvgIpc) is 3.24. The van der Waals surface area contributed by atoms with E-state index >= 15 is 0 Å². The summed E-state index contributed by atoms with van der Waals surface area (Å²) in [6.45, 7) is 4.94. The minimum absolute atomic E-state index is 0. The van der Waals surface area contributed by atoms with Gasteiger partial charge in [0.05, 0.1) is 16.3 Å². The van der Waals surface area contributed by atoms with Gasteiger partial charge < -0.3 is 15.2 Å². The third kappa shape index (κ3) is 8.29. The van der Waals surface area contributed by atoms with Crippen LogP contribution in [0.5, 0.6) is 5.75 Å². The van der Waals surface area contributed by atoms with E-state index in [2.05, 4.69) is 54.3 Å². The number of β-amino-alcohol motifs (C(OH)–C–C–N with tert-alkyl or cyclic N) is 1. The number of halogens is 2. The molecule has 0 aromatic heterocycles. The summed E-state index contributed by atoms with van der Waals surface area (Å²) in [7, 11) is -3.87. The predicted molar refractivity (Wildman–Crippen MR) is 156 cm³/mol. The molecule has 1 aliphatic rings. The number of benzene rings is 3. The lowest BCUT2D eigenvalue weighted by atomic mass is 9.93. The highest BCUT2D eigenvalue weighted by Crippen LogP contribution is 2.23. The van der Waals surface area contributed by atoms with Crippen molar-refractivity contribution in [2.45, 2.75) is 54.6 Å². The molecule has 3 aromatic carbocycles. The first-order valence-corrected chi connectivity index (χ1v) is 14.4. The summed E-state index contributed by atoms with van der Waals surface area (Å²) in [4.78, 5) is 2.48. The zero-order chi connectivity index (χ0) is 27.3. The van der Waals surface area contributed by atoms with Crippen LogP contribution in [-0.2, 0) is 16.4 Å². The fourth-order valence-corrected chi connectivity index (χ4v) is 5.90. The molecular weight excluding hydrogens is 559 g/mol. The van der Waals surface area contributed by atoms with Crippen LogP contribution in [0, 0.1) is 11.3 Å². The smallest absolute Gasteiger partial charge is 0.253 e. The van der Waals surface area contributed by atoms with Crippen LogP contribution < -0.4 is 14.9 Å². The lowest BCUT2D eigenvalue weighted by Crippen LogP contribution is -2.46. The summed E-state index contributed by atoms with van der Waals surface area (Å²) in [5.74, 6) is 0.440. The summed E-state index contributed by atoms with van der Waals surface area (Å²) < 4.78 is 31.1. The first-order valence-electron chi connectivity index (χ1n) is 12.5. The Morgan fingerprint density at radius 1 is 1.15 bits per heavy atom. The van der Waals surface area contributed by atoms with E-state index in [0.29, 0.717) is 25.3 Å². The Kier molecular flexibility index (Phi) is 10.6. The lowest BCUT2D eigenvalue weighted by Gasteiger charge is -2.28. The first kappa shape index (κ1) is 31.1. The van der Waals surface area contributed by atoms with Gasteiger partial charge in [-0.15, -0.1) is 28.8 Å². The van der Waals surface area contributed by atoms with E-state index in [1.807, 2.05) is 18.2 Å². The van der Waals surface area contributed by atoms with E-state index in [1.165, 1.54) is 45.6 Å². The molecule has 0 spiro atoms. The average molecular weight is 594 g/mol. The molecular formula is C28H34Cl2N4O4S. The molecule has 210 valence electrons. The van der Waals surface area contributed by atoms with Crippen LogP contribution in [-0.4, -0.2) is 61.3 Å². The van der Waals surface area contributed by atoms with Gasteiger partial charge >= 0.3 is 0 Å². The Hall–Kier alpha value is -2.42. The zero-order valence-corrected chi connectivity index (χ0v) is 24.3. The number of alkyl halides is 1. The predicted octanol–water partition coefficient (Wildman–Crippen LogP) is 4.01. The Morgan fingerprint density at radius 3 is 2.54 bits per heavy atom. The normalized spacial score (nSPS) is 18.8. The van der Waals surface area contributed by atoms with Crippen molar-refractivity contribution in [3.05, 3.63) is 72.3 Å². The Balaban J connectivity index is 0.00000420. The van der Waals surface area contributed by atoms with E-state index in [4.69, 9.17) is 16.3 Å². The van der Waals surface area contributed by atoms with E-state index in [0.717, 1.165) is 6.42 Å². The van der Waals surface area contributed by atoms with E-state index in [9.17, 15) is 18.8 Å². The monoisotopic (exact) mass is 592 g/mol. The third-order valence-electron chi connectivity index (χ3n) is 6.55. The molecule has 0 aliphatic carbocycles. The van der Waals surface area contributed by atoms with Crippen LogP contribution in [0.15, 0.2) is 71.6 Å². The molecule has 11 heteroatoms. The molecule has 1 aliphatic heterocycles. The number of fused-ring (bicyclic) bond motifs is 1. The molecule has 0 bridgehead atoms. The molecule has 0 saturated carbocycles. The molecule has 0 radical (unpaired) electrons. The minimum Gasteiger partial charge on any atom is -0.491 e. The molecule has 39 heavy (non-hydrogen) atoms. The molecule has 3 aromatic rings. The van der Waals surface area contributed by atoms with Crippen LogP contribution in [0.4, 0.5) is 0 Å². The quantitative estimate of drug-likeness (QED) is 0.288. The second kappa shape index (κ2) is 13.3. The number of sulfonamides is 1. The fourth-order valence-electron chi connectivity index (χ4n) is 4.50. The van der Waals surface area contributed by atoms with Gasteiger partial charge in [-0.1, -0.05) is 42.5 Å². The fraction of sp³-hybridized carbons (Fsp3) is 0.393. The van der Waals surface area contributed by atoms with E-state index in [-0.39, 0.29) is 29.4 Å². The van der Waals surface area contributed by atoms with Gasteiger partial charge in [-0.05, 0) is 67.3 Å². The first-order chi connectivity index (χ1) is 18.1. The summed E-state index contributed by atoms with van der Waals surface area (Å²) in [5, 5.41) is 26.5. The summed E-state index contributed by atoms with van der Waals surface area (Å²) in [5.41, 5.74) is 0.974. The van der Waals surface area contributed by atoms with Crippen molar-refractivity contribution in [1.82, 2.24) is 15.2 Å². The van der Waals surface area contributed by atoms with E-state index < -0.39 is 27.5 Å². The number of rotatable bonds is 11. The molecule has 1 fully saturated rings. The Bertz CT molecular complexity index is 1400. The number of nitriles is 1. The van der Waals surface area contributed by atoms with Crippen molar-refractivity contribution in [3.63, 3.8) is 0 Å². The van der Waals surface area contributed by atoms with Gasteiger partial charge in [0.1, 0.15) is 24.5 Å². The molecule has 1 saturated heterocycles. The molecule has 3 N–H and O–H groups in total. The maximum Gasteiger partial charge on any atom is 0.253 e. The van der Waals surface area contributed by atoms with Crippen molar-refractivity contribution < 1.29 is 18.3 Å². The Morgan fingerprint density at radius 2 is 1.85 bits per heavy atom.